The number of para-hydroxylation sites is 2. The molecular formula is C24H37N3O3. The molecule has 1 aromatic rings. The van der Waals surface area contributed by atoms with Crippen LogP contribution in [0.2, 0.25) is 0 Å². The van der Waals surface area contributed by atoms with Gasteiger partial charge in [-0.25, -0.2) is 0 Å². The van der Waals surface area contributed by atoms with Gasteiger partial charge in [-0.2, -0.15) is 0 Å². The summed E-state index contributed by atoms with van der Waals surface area (Å²) in [7, 11) is 2.16. The van der Waals surface area contributed by atoms with E-state index in [2.05, 4.69) is 29.1 Å². The number of carbonyl (C=O) groups excluding carboxylic acids is 1. The molecule has 4 rings (SSSR count). The predicted octanol–water partition coefficient (Wildman–Crippen LogP) is 2.92. The van der Waals surface area contributed by atoms with Crippen molar-refractivity contribution in [2.45, 2.75) is 63.6 Å². The SMILES string of the molecule is CCCNC(=O)CCN(C)CC1CC2CCC(C1)N2CC1COc2ccccc2O1. The number of carbonyl (C=O) groups is 1. The van der Waals surface area contributed by atoms with Gasteiger partial charge in [0.05, 0.1) is 0 Å². The summed E-state index contributed by atoms with van der Waals surface area (Å²) in [6.45, 7) is 6.41. The van der Waals surface area contributed by atoms with Crippen molar-refractivity contribution in [1.82, 2.24) is 15.1 Å². The predicted molar refractivity (Wildman–Crippen MR) is 118 cm³/mol. The van der Waals surface area contributed by atoms with E-state index in [-0.39, 0.29) is 12.0 Å². The van der Waals surface area contributed by atoms with Crippen molar-refractivity contribution < 1.29 is 14.3 Å². The molecule has 3 aliphatic rings. The number of hydrogen-bond acceptors (Lipinski definition) is 5. The number of benzene rings is 1. The van der Waals surface area contributed by atoms with Gasteiger partial charge < -0.3 is 19.7 Å². The molecule has 3 aliphatic heterocycles. The third kappa shape index (κ3) is 5.27. The van der Waals surface area contributed by atoms with Crippen LogP contribution in [0.1, 0.15) is 45.4 Å². The molecule has 1 aromatic carbocycles. The molecule has 6 heteroatoms. The zero-order valence-electron chi connectivity index (χ0n) is 18.5. The van der Waals surface area contributed by atoms with Gasteiger partial charge in [0.15, 0.2) is 11.5 Å². The van der Waals surface area contributed by atoms with E-state index < -0.39 is 0 Å². The standard InChI is InChI=1S/C24H37N3O3/c1-3-11-25-24(28)10-12-26(2)15-18-13-19-8-9-20(14-18)27(19)16-21-17-29-22-6-4-5-7-23(22)30-21/h4-7,18-21H,3,8-17H2,1-2H3,(H,25,28). The van der Waals surface area contributed by atoms with E-state index in [4.69, 9.17) is 9.47 Å². The van der Waals surface area contributed by atoms with Crippen molar-refractivity contribution in [3.63, 3.8) is 0 Å². The smallest absolute Gasteiger partial charge is 0.221 e. The third-order valence-corrected chi connectivity index (χ3v) is 6.83. The summed E-state index contributed by atoms with van der Waals surface area (Å²) >= 11 is 0. The van der Waals surface area contributed by atoms with E-state index in [9.17, 15) is 4.79 Å². The number of hydrogen-bond donors (Lipinski definition) is 1. The molecule has 30 heavy (non-hydrogen) atoms. The molecule has 0 spiro atoms. The van der Waals surface area contributed by atoms with Crippen LogP contribution < -0.4 is 14.8 Å². The summed E-state index contributed by atoms with van der Waals surface area (Å²) in [6, 6.07) is 9.29. The van der Waals surface area contributed by atoms with E-state index in [0.717, 1.165) is 50.0 Å². The summed E-state index contributed by atoms with van der Waals surface area (Å²) in [5.74, 6) is 2.64. The van der Waals surface area contributed by atoms with Crippen molar-refractivity contribution in [3.8, 4) is 11.5 Å². The van der Waals surface area contributed by atoms with E-state index in [1.54, 1.807) is 0 Å². The lowest BCUT2D eigenvalue weighted by atomic mass is 9.90. The van der Waals surface area contributed by atoms with Crippen LogP contribution >= 0.6 is 0 Å². The zero-order valence-corrected chi connectivity index (χ0v) is 18.5. The van der Waals surface area contributed by atoms with Crippen LogP contribution in [-0.4, -0.2) is 73.7 Å². The van der Waals surface area contributed by atoms with E-state index in [1.165, 1.54) is 25.7 Å². The highest BCUT2D eigenvalue weighted by Crippen LogP contribution is 2.40. The van der Waals surface area contributed by atoms with Gasteiger partial charge in [0.1, 0.15) is 12.7 Å². The first-order chi connectivity index (χ1) is 14.6. The Morgan fingerprint density at radius 2 is 1.93 bits per heavy atom. The second-order valence-corrected chi connectivity index (χ2v) is 9.28. The lowest BCUT2D eigenvalue weighted by Gasteiger charge is -2.42. The van der Waals surface area contributed by atoms with Gasteiger partial charge in [0, 0.05) is 44.7 Å². The fraction of sp³-hybridized carbons (Fsp3) is 0.708. The summed E-state index contributed by atoms with van der Waals surface area (Å²) in [5.41, 5.74) is 0. The molecule has 2 fully saturated rings. The quantitative estimate of drug-likeness (QED) is 0.672. The number of piperidine rings is 1. The molecule has 1 N–H and O–H groups in total. The number of ether oxygens (including phenoxy) is 2. The Morgan fingerprint density at radius 3 is 2.67 bits per heavy atom. The van der Waals surface area contributed by atoms with Gasteiger partial charge in [0.25, 0.3) is 0 Å². The Labute approximate surface area is 180 Å². The molecule has 0 aliphatic carbocycles. The van der Waals surface area contributed by atoms with Gasteiger partial charge in [-0.15, -0.1) is 0 Å². The first-order valence-corrected chi connectivity index (χ1v) is 11.7. The highest BCUT2D eigenvalue weighted by molar-refractivity contribution is 5.75. The maximum absolute atomic E-state index is 11.9. The largest absolute Gasteiger partial charge is 0.486 e. The summed E-state index contributed by atoms with van der Waals surface area (Å²) < 4.78 is 12.1. The molecule has 3 unspecified atom stereocenters. The Bertz CT molecular complexity index is 699. The van der Waals surface area contributed by atoms with Crippen molar-refractivity contribution in [2.24, 2.45) is 5.92 Å². The molecular weight excluding hydrogens is 378 g/mol. The summed E-state index contributed by atoms with van der Waals surface area (Å²) in [5, 5.41) is 2.97. The van der Waals surface area contributed by atoms with E-state index >= 15 is 0 Å². The molecule has 2 saturated heterocycles. The number of nitrogens with zero attached hydrogens (tertiary/aromatic N) is 2. The van der Waals surface area contributed by atoms with Crippen LogP contribution in [0.4, 0.5) is 0 Å². The molecule has 0 saturated carbocycles. The molecule has 0 aromatic heterocycles. The highest BCUT2D eigenvalue weighted by Gasteiger charge is 2.42. The number of rotatable bonds is 9. The normalized spacial score (nSPS) is 28.0. The van der Waals surface area contributed by atoms with Crippen LogP contribution in [0.3, 0.4) is 0 Å². The fourth-order valence-corrected chi connectivity index (χ4v) is 5.40. The van der Waals surface area contributed by atoms with Gasteiger partial charge in [-0.1, -0.05) is 19.1 Å². The summed E-state index contributed by atoms with van der Waals surface area (Å²) in [6.07, 6.45) is 6.82. The Morgan fingerprint density at radius 1 is 1.20 bits per heavy atom. The van der Waals surface area contributed by atoms with Crippen molar-refractivity contribution in [2.75, 3.05) is 39.8 Å². The van der Waals surface area contributed by atoms with E-state index in [0.29, 0.717) is 25.1 Å². The van der Waals surface area contributed by atoms with Gasteiger partial charge >= 0.3 is 0 Å². The zero-order chi connectivity index (χ0) is 20.9. The van der Waals surface area contributed by atoms with E-state index in [1.807, 2.05) is 24.3 Å². The van der Waals surface area contributed by atoms with Crippen LogP contribution in [0.15, 0.2) is 24.3 Å². The number of amides is 1. The molecule has 3 heterocycles. The number of nitrogens with one attached hydrogen (secondary N) is 1. The van der Waals surface area contributed by atoms with Gasteiger partial charge in [-0.3, -0.25) is 9.69 Å². The minimum atomic E-state index is 0.115. The topological polar surface area (TPSA) is 54.0 Å². The molecule has 6 nitrogen and oxygen atoms in total. The summed E-state index contributed by atoms with van der Waals surface area (Å²) in [4.78, 5) is 16.9. The third-order valence-electron chi connectivity index (χ3n) is 6.83. The molecule has 3 atom stereocenters. The highest BCUT2D eigenvalue weighted by atomic mass is 16.6. The minimum absolute atomic E-state index is 0.115. The Kier molecular flexibility index (Phi) is 7.16. The number of fused-ring (bicyclic) bond motifs is 3. The fourth-order valence-electron chi connectivity index (χ4n) is 5.40. The molecule has 1 amide bonds. The lowest BCUT2D eigenvalue weighted by molar-refractivity contribution is -0.121. The van der Waals surface area contributed by atoms with Gasteiger partial charge in [-0.05, 0) is 57.2 Å². The first-order valence-electron chi connectivity index (χ1n) is 11.7. The average Bonchev–Trinajstić information content (AvgIpc) is 2.98. The van der Waals surface area contributed by atoms with Crippen molar-refractivity contribution in [1.29, 1.82) is 0 Å². The Balaban J connectivity index is 1.22. The van der Waals surface area contributed by atoms with Crippen LogP contribution in [0.5, 0.6) is 11.5 Å². The first kappa shape index (κ1) is 21.4. The maximum Gasteiger partial charge on any atom is 0.221 e. The van der Waals surface area contributed by atoms with Crippen LogP contribution in [-0.2, 0) is 4.79 Å². The van der Waals surface area contributed by atoms with Gasteiger partial charge in [0.2, 0.25) is 5.91 Å². The molecule has 2 bridgehead atoms. The second kappa shape index (κ2) is 10.0. The maximum atomic E-state index is 11.9. The van der Waals surface area contributed by atoms with Crippen LogP contribution in [0, 0.1) is 5.92 Å². The minimum Gasteiger partial charge on any atom is -0.486 e. The molecule has 166 valence electrons. The van der Waals surface area contributed by atoms with Crippen LogP contribution in [0.25, 0.3) is 0 Å². The Hall–Kier alpha value is -1.79. The van der Waals surface area contributed by atoms with Crippen molar-refractivity contribution >= 4 is 5.91 Å². The van der Waals surface area contributed by atoms with Crippen molar-refractivity contribution in [3.05, 3.63) is 24.3 Å². The lowest BCUT2D eigenvalue weighted by Crippen LogP contribution is -2.50. The monoisotopic (exact) mass is 415 g/mol. The molecule has 0 radical (unpaired) electrons. The average molecular weight is 416 g/mol. The second-order valence-electron chi connectivity index (χ2n) is 9.28.